The molecule has 0 aromatic carbocycles. The van der Waals surface area contributed by atoms with Crippen molar-refractivity contribution in [2.24, 2.45) is 0 Å². The first kappa shape index (κ1) is 10.3. The van der Waals surface area contributed by atoms with Crippen molar-refractivity contribution in [2.75, 3.05) is 0 Å². The van der Waals surface area contributed by atoms with E-state index in [1.165, 1.54) is 4.98 Å². The number of aromatic amines is 1. The van der Waals surface area contributed by atoms with Gasteiger partial charge in [-0.1, -0.05) is 0 Å². The summed E-state index contributed by atoms with van der Waals surface area (Å²) in [5, 5.41) is 1.67. The molecule has 2 amide bonds. The van der Waals surface area contributed by atoms with Crippen LogP contribution < -0.4 is 10.9 Å². The highest BCUT2D eigenvalue weighted by Crippen LogP contribution is 2.26. The quantitative estimate of drug-likeness (QED) is 0.600. The monoisotopic (exact) mass is 233 g/mol. The average Bonchev–Trinajstić information content (AvgIpc) is 2.41. The molecule has 0 atom stereocenters. The Morgan fingerprint density at radius 2 is 1.69 bits per heavy atom. The fourth-order valence-electron chi connectivity index (χ4n) is 1.21. The van der Waals surface area contributed by atoms with Crippen LogP contribution >= 0.6 is 0 Å². The number of H-pyrrole nitrogens is 1. The van der Waals surface area contributed by atoms with Crippen molar-refractivity contribution >= 4 is 11.8 Å². The molecule has 1 aromatic heterocycles. The van der Waals surface area contributed by atoms with Crippen LogP contribution in [0.3, 0.4) is 0 Å². The lowest BCUT2D eigenvalue weighted by atomic mass is 10.2. The molecule has 9 heteroatoms. The predicted molar refractivity (Wildman–Crippen MR) is 41.7 cm³/mol. The fraction of sp³-hybridized carbons (Fsp3) is 0.143. The van der Waals surface area contributed by atoms with Crippen LogP contribution in [0.25, 0.3) is 0 Å². The summed E-state index contributed by atoms with van der Waals surface area (Å²) in [4.78, 5) is 37.4. The van der Waals surface area contributed by atoms with E-state index in [1.54, 1.807) is 5.32 Å². The SMILES string of the molecule is O=C1NC(=O)c2c1nc(C(F)(F)F)[nH]c2=O. The molecule has 16 heavy (non-hydrogen) atoms. The standard InChI is InChI=1S/C7H2F3N3O3/c8-7(9,10)6-11-2-1(4(15)13-6)3(14)12-5(2)16/h(H,11,13,15)(H,12,14,16). The van der Waals surface area contributed by atoms with Gasteiger partial charge in [-0.2, -0.15) is 13.2 Å². The Bertz CT molecular complexity index is 560. The van der Waals surface area contributed by atoms with Crippen molar-refractivity contribution in [3.63, 3.8) is 0 Å². The largest absolute Gasteiger partial charge is 0.449 e. The summed E-state index contributed by atoms with van der Waals surface area (Å²) in [6, 6.07) is 0. The number of hydrogen-bond acceptors (Lipinski definition) is 4. The van der Waals surface area contributed by atoms with Crippen molar-refractivity contribution in [1.29, 1.82) is 0 Å². The molecule has 1 aromatic rings. The summed E-state index contributed by atoms with van der Waals surface area (Å²) in [5.41, 5.74) is -2.79. The van der Waals surface area contributed by atoms with E-state index in [-0.39, 0.29) is 0 Å². The van der Waals surface area contributed by atoms with Crippen molar-refractivity contribution in [3.8, 4) is 0 Å². The van der Waals surface area contributed by atoms with Crippen molar-refractivity contribution in [3.05, 3.63) is 27.4 Å². The molecule has 1 aliphatic rings. The Labute approximate surface area is 84.5 Å². The number of carbonyl (C=O) groups excluding carboxylic acids is 2. The van der Waals surface area contributed by atoms with Crippen molar-refractivity contribution in [2.45, 2.75) is 6.18 Å². The predicted octanol–water partition coefficient (Wildman–Crippen LogP) is -0.328. The molecule has 0 radical (unpaired) electrons. The molecule has 0 bridgehead atoms. The third-order valence-electron chi connectivity index (χ3n) is 1.86. The van der Waals surface area contributed by atoms with Crippen LogP contribution in [0, 0.1) is 0 Å². The Morgan fingerprint density at radius 3 is 2.25 bits per heavy atom. The Balaban J connectivity index is 2.73. The molecule has 2 N–H and O–H groups in total. The molecular weight excluding hydrogens is 231 g/mol. The molecular formula is C7H2F3N3O3. The number of alkyl halides is 3. The molecule has 6 nitrogen and oxygen atoms in total. The Morgan fingerprint density at radius 1 is 1.06 bits per heavy atom. The van der Waals surface area contributed by atoms with Gasteiger partial charge in [0.2, 0.25) is 5.82 Å². The van der Waals surface area contributed by atoms with Crippen LogP contribution in [0.5, 0.6) is 0 Å². The van der Waals surface area contributed by atoms with E-state index >= 15 is 0 Å². The van der Waals surface area contributed by atoms with Crippen LogP contribution in [0.1, 0.15) is 26.7 Å². The number of imide groups is 1. The summed E-state index contributed by atoms with van der Waals surface area (Å²) in [6.45, 7) is 0. The van der Waals surface area contributed by atoms with Gasteiger partial charge in [0, 0.05) is 0 Å². The maximum atomic E-state index is 12.2. The smallest absolute Gasteiger partial charge is 0.302 e. The van der Waals surface area contributed by atoms with Gasteiger partial charge in [0.25, 0.3) is 17.4 Å². The second kappa shape index (κ2) is 2.90. The first-order chi connectivity index (χ1) is 7.30. The number of hydrogen-bond donors (Lipinski definition) is 2. The van der Waals surface area contributed by atoms with E-state index in [0.29, 0.717) is 0 Å². The Kier molecular flexibility index (Phi) is 1.87. The summed E-state index contributed by atoms with van der Waals surface area (Å²) in [6.07, 6.45) is -4.89. The first-order valence-corrected chi connectivity index (χ1v) is 3.88. The van der Waals surface area contributed by atoms with Crippen LogP contribution in [-0.4, -0.2) is 21.8 Å². The zero-order valence-corrected chi connectivity index (χ0v) is 7.31. The van der Waals surface area contributed by atoms with Gasteiger partial charge in [-0.05, 0) is 0 Å². The third kappa shape index (κ3) is 1.36. The van der Waals surface area contributed by atoms with E-state index in [0.717, 1.165) is 0 Å². The van der Waals surface area contributed by atoms with Crippen LogP contribution in [0.4, 0.5) is 13.2 Å². The molecule has 84 valence electrons. The van der Waals surface area contributed by atoms with Gasteiger partial charge < -0.3 is 4.98 Å². The highest BCUT2D eigenvalue weighted by molar-refractivity contribution is 6.20. The number of nitrogens with one attached hydrogen (secondary N) is 2. The molecule has 1 aliphatic heterocycles. The van der Waals surface area contributed by atoms with E-state index in [2.05, 4.69) is 4.98 Å². The highest BCUT2D eigenvalue weighted by Gasteiger charge is 2.39. The first-order valence-electron chi connectivity index (χ1n) is 3.88. The minimum atomic E-state index is -4.89. The van der Waals surface area contributed by atoms with Crippen molar-refractivity contribution in [1.82, 2.24) is 15.3 Å². The highest BCUT2D eigenvalue weighted by atomic mass is 19.4. The van der Waals surface area contributed by atoms with Gasteiger partial charge in [-0.3, -0.25) is 19.7 Å². The van der Waals surface area contributed by atoms with Crippen LogP contribution in [0.2, 0.25) is 0 Å². The molecule has 0 fully saturated rings. The van der Waals surface area contributed by atoms with E-state index < -0.39 is 40.6 Å². The van der Waals surface area contributed by atoms with Gasteiger partial charge in [0.05, 0.1) is 0 Å². The number of carbonyl (C=O) groups is 2. The molecule has 0 aliphatic carbocycles. The van der Waals surface area contributed by atoms with Crippen molar-refractivity contribution < 1.29 is 22.8 Å². The number of aromatic nitrogens is 2. The molecule has 0 unspecified atom stereocenters. The topological polar surface area (TPSA) is 91.9 Å². The Hall–Kier alpha value is -2.19. The zero-order valence-electron chi connectivity index (χ0n) is 7.31. The van der Waals surface area contributed by atoms with Gasteiger partial charge in [-0.15, -0.1) is 0 Å². The normalized spacial score (nSPS) is 14.9. The number of nitrogens with zero attached hydrogens (tertiary/aromatic N) is 1. The average molecular weight is 233 g/mol. The van der Waals surface area contributed by atoms with E-state index in [1.807, 2.05) is 0 Å². The summed E-state index contributed by atoms with van der Waals surface area (Å²) < 4.78 is 36.6. The van der Waals surface area contributed by atoms with Crippen LogP contribution in [-0.2, 0) is 6.18 Å². The van der Waals surface area contributed by atoms with Gasteiger partial charge in [0.1, 0.15) is 11.3 Å². The number of fused-ring (bicyclic) bond motifs is 1. The number of halogens is 3. The number of rotatable bonds is 0. The van der Waals surface area contributed by atoms with E-state index in [9.17, 15) is 27.6 Å². The van der Waals surface area contributed by atoms with E-state index in [4.69, 9.17) is 0 Å². The summed E-state index contributed by atoms with van der Waals surface area (Å²) in [5.74, 6) is -3.78. The zero-order chi connectivity index (χ0) is 12.1. The van der Waals surface area contributed by atoms with Gasteiger partial charge in [-0.25, -0.2) is 4.98 Å². The third-order valence-corrected chi connectivity index (χ3v) is 1.86. The van der Waals surface area contributed by atoms with Crippen LogP contribution in [0.15, 0.2) is 4.79 Å². The lowest BCUT2D eigenvalue weighted by Crippen LogP contribution is -2.25. The second-order valence-corrected chi connectivity index (χ2v) is 2.92. The van der Waals surface area contributed by atoms with Gasteiger partial charge >= 0.3 is 6.18 Å². The fourth-order valence-corrected chi connectivity index (χ4v) is 1.21. The summed E-state index contributed by atoms with van der Waals surface area (Å²) >= 11 is 0. The number of amides is 2. The lowest BCUT2D eigenvalue weighted by molar-refractivity contribution is -0.145. The summed E-state index contributed by atoms with van der Waals surface area (Å²) in [7, 11) is 0. The second-order valence-electron chi connectivity index (χ2n) is 2.92. The minimum Gasteiger partial charge on any atom is -0.302 e. The molecule has 0 saturated carbocycles. The maximum Gasteiger partial charge on any atom is 0.449 e. The lowest BCUT2D eigenvalue weighted by Gasteiger charge is -2.04. The minimum absolute atomic E-state index is 0.696. The molecule has 2 rings (SSSR count). The molecule has 2 heterocycles. The molecule has 0 saturated heterocycles. The molecule has 0 spiro atoms. The maximum absolute atomic E-state index is 12.2. The van der Waals surface area contributed by atoms with Gasteiger partial charge in [0.15, 0.2) is 0 Å².